The van der Waals surface area contributed by atoms with Crippen LogP contribution < -0.4 is 0 Å². The summed E-state index contributed by atoms with van der Waals surface area (Å²) in [5, 5.41) is 26.5. The summed E-state index contributed by atoms with van der Waals surface area (Å²) in [6.45, 7) is 0. The van der Waals surface area contributed by atoms with E-state index in [-0.39, 0.29) is 0 Å². The fourth-order valence-corrected chi connectivity index (χ4v) is 0.716. The number of hydrogen-bond donors (Lipinski definition) is 3. The van der Waals surface area contributed by atoms with Gasteiger partial charge in [-0.05, 0) is 3.03 Å². The third-order valence-corrected chi connectivity index (χ3v) is 2.00. The van der Waals surface area contributed by atoms with Crippen molar-refractivity contribution in [2.75, 3.05) is 0 Å². The van der Waals surface area contributed by atoms with E-state index in [1.165, 1.54) is 0 Å². The van der Waals surface area contributed by atoms with E-state index in [1.807, 2.05) is 0 Å². The Bertz CT molecular complexity index is 240. The van der Waals surface area contributed by atoms with Crippen molar-refractivity contribution >= 4 is 40.0 Å². The molecule has 0 bridgehead atoms. The zero-order valence-electron chi connectivity index (χ0n) is 5.02. The van der Waals surface area contributed by atoms with Gasteiger partial charge in [0.05, 0.1) is 0 Å². The molecule has 0 radical (unpaired) electrons. The molecule has 2 unspecified atom stereocenters. The van der Waals surface area contributed by atoms with Crippen LogP contribution in [0.15, 0.2) is 9.98 Å². The Labute approximate surface area is 75.1 Å². The molecule has 8 heteroatoms. The van der Waals surface area contributed by atoms with E-state index < -0.39 is 21.4 Å². The number of halogens is 2. The first-order valence-corrected chi connectivity index (χ1v) is 3.50. The summed E-state index contributed by atoms with van der Waals surface area (Å²) in [5.41, 5.74) is 0. The smallest absolute Gasteiger partial charge is 0.434 e. The topological polar surface area (TPSA) is 85.4 Å². The molecule has 1 heterocycles. The summed E-state index contributed by atoms with van der Waals surface area (Å²) in [4.78, 5) is 6.26. The van der Waals surface area contributed by atoms with Crippen LogP contribution in [0.5, 0.6) is 0 Å². The third kappa shape index (κ3) is 1.45. The van der Waals surface area contributed by atoms with Crippen LogP contribution in [0.4, 0.5) is 0 Å². The third-order valence-electron chi connectivity index (χ3n) is 0.988. The number of aliphatic hydroxyl groups is 3. The molecule has 0 aromatic rings. The molecule has 0 aromatic carbocycles. The highest BCUT2D eigenvalue weighted by Gasteiger charge is 2.44. The number of aliphatic imine (C=N–C) groups is 2. The maximum Gasteiger partial charge on any atom is 0.434 e. The largest absolute Gasteiger partial charge is 0.479 e. The molecule has 11 heavy (non-hydrogen) atoms. The van der Waals surface area contributed by atoms with Crippen molar-refractivity contribution in [1.82, 2.24) is 0 Å². The zero-order chi connectivity index (χ0) is 8.65. The first-order valence-electron chi connectivity index (χ1n) is 2.45. The van der Waals surface area contributed by atoms with Gasteiger partial charge in [-0.15, -0.1) is 9.98 Å². The molecule has 0 spiro atoms. The maximum absolute atomic E-state index is 8.98. The summed E-state index contributed by atoms with van der Waals surface area (Å²) in [6, 6.07) is -1.41. The van der Waals surface area contributed by atoms with Gasteiger partial charge in [0.25, 0.3) is 16.1 Å². The zero-order valence-corrected chi connectivity index (χ0v) is 7.36. The van der Waals surface area contributed by atoms with Crippen molar-refractivity contribution in [2.45, 2.75) is 6.35 Å². The molecular weight excluding hydrogens is 241 g/mol. The molecule has 0 fully saturated rings. The minimum absolute atomic E-state index is 0.688. The van der Waals surface area contributed by atoms with Crippen LogP contribution in [0.1, 0.15) is 0 Å². The SMILES string of the molecule is OC1=NC(O)[N+](Cl)(Br)C(O)=N1. The van der Waals surface area contributed by atoms with Gasteiger partial charge in [-0.2, -0.15) is 0 Å². The Hall–Kier alpha value is -0.370. The van der Waals surface area contributed by atoms with Crippen molar-refractivity contribution in [3.8, 4) is 0 Å². The molecular formula is C3H4BrClN3O3+. The van der Waals surface area contributed by atoms with Crippen molar-refractivity contribution < 1.29 is 18.3 Å². The lowest BCUT2D eigenvalue weighted by Crippen LogP contribution is -2.45. The van der Waals surface area contributed by atoms with E-state index in [4.69, 9.17) is 27.1 Å². The molecule has 1 aliphatic heterocycles. The molecule has 2 atom stereocenters. The fourth-order valence-electron chi connectivity index (χ4n) is 0.464. The molecule has 0 saturated carbocycles. The lowest BCUT2D eigenvalue weighted by molar-refractivity contribution is -0.635. The minimum atomic E-state index is -1.52. The Morgan fingerprint density at radius 2 is 2.09 bits per heavy atom. The quantitative estimate of drug-likeness (QED) is 0.540. The van der Waals surface area contributed by atoms with Crippen molar-refractivity contribution in [3.05, 3.63) is 0 Å². The Balaban J connectivity index is 3.01. The van der Waals surface area contributed by atoms with Gasteiger partial charge in [-0.1, -0.05) is 0 Å². The van der Waals surface area contributed by atoms with Gasteiger partial charge in [0.15, 0.2) is 11.8 Å². The van der Waals surface area contributed by atoms with Gasteiger partial charge in [-0.25, -0.2) is 0 Å². The molecule has 0 amide bonds. The number of amidine groups is 2. The number of quaternary nitrogens is 1. The highest BCUT2D eigenvalue weighted by atomic mass is 79.9. The Morgan fingerprint density at radius 1 is 1.55 bits per heavy atom. The van der Waals surface area contributed by atoms with Crippen molar-refractivity contribution in [1.29, 1.82) is 0 Å². The van der Waals surface area contributed by atoms with Gasteiger partial charge in [0.1, 0.15) is 0 Å². The number of rotatable bonds is 0. The van der Waals surface area contributed by atoms with Crippen molar-refractivity contribution in [2.24, 2.45) is 9.98 Å². The fraction of sp³-hybridized carbons (Fsp3) is 0.333. The van der Waals surface area contributed by atoms with Crippen LogP contribution in [-0.4, -0.2) is 36.7 Å². The molecule has 3 N–H and O–H groups in total. The van der Waals surface area contributed by atoms with Crippen molar-refractivity contribution in [3.63, 3.8) is 0 Å². The van der Waals surface area contributed by atoms with Gasteiger partial charge in [0.2, 0.25) is 0 Å². The molecule has 6 nitrogen and oxygen atoms in total. The lowest BCUT2D eigenvalue weighted by atomic mass is 10.8. The molecule has 1 rings (SSSR count). The summed E-state index contributed by atoms with van der Waals surface area (Å²) in [5.74, 6) is 0. The number of aliphatic hydroxyl groups excluding tert-OH is 3. The molecule has 0 aromatic heterocycles. The Morgan fingerprint density at radius 3 is 2.55 bits per heavy atom. The monoisotopic (exact) mass is 244 g/mol. The van der Waals surface area contributed by atoms with E-state index in [0.717, 1.165) is 0 Å². The molecule has 0 saturated heterocycles. The Kier molecular flexibility index (Phi) is 2.06. The summed E-state index contributed by atoms with van der Waals surface area (Å²) >= 11 is 8.15. The highest BCUT2D eigenvalue weighted by Crippen LogP contribution is 2.27. The van der Waals surface area contributed by atoms with E-state index in [2.05, 4.69) is 26.1 Å². The van der Waals surface area contributed by atoms with E-state index in [1.54, 1.807) is 0 Å². The second-order valence-electron chi connectivity index (χ2n) is 1.74. The maximum atomic E-state index is 8.98. The highest BCUT2D eigenvalue weighted by molar-refractivity contribution is 9.05. The van der Waals surface area contributed by atoms with E-state index in [0.29, 0.717) is 0 Å². The van der Waals surface area contributed by atoms with Crippen LogP contribution >= 0.6 is 27.9 Å². The number of hydrogen-bond acceptors (Lipinski definition) is 3. The predicted molar refractivity (Wildman–Crippen MR) is 41.2 cm³/mol. The second-order valence-corrected chi connectivity index (χ2v) is 3.80. The van der Waals surface area contributed by atoms with Gasteiger partial charge >= 0.3 is 18.4 Å². The van der Waals surface area contributed by atoms with Crippen LogP contribution in [0, 0.1) is 0 Å². The predicted octanol–water partition coefficient (Wildman–Crippen LogP) is 0.384. The average molecular weight is 245 g/mol. The van der Waals surface area contributed by atoms with Gasteiger partial charge in [0, 0.05) is 0 Å². The average Bonchev–Trinajstić information content (AvgIpc) is 1.84. The molecule has 1 aliphatic rings. The lowest BCUT2D eigenvalue weighted by Gasteiger charge is -2.20. The minimum Gasteiger partial charge on any atom is -0.479 e. The first-order chi connectivity index (χ1) is 4.94. The van der Waals surface area contributed by atoms with Crippen LogP contribution in [0.2, 0.25) is 0 Å². The number of nitrogens with zero attached hydrogens (tertiary/aromatic N) is 3. The van der Waals surface area contributed by atoms with E-state index in [9.17, 15) is 0 Å². The molecule has 62 valence electrons. The summed E-state index contributed by atoms with van der Waals surface area (Å²) in [7, 11) is 0. The van der Waals surface area contributed by atoms with Crippen LogP contribution in [0.3, 0.4) is 0 Å². The summed E-state index contributed by atoms with van der Waals surface area (Å²) in [6.07, 6.45) is -1.52. The van der Waals surface area contributed by atoms with Crippen LogP contribution in [-0.2, 0) is 0 Å². The summed E-state index contributed by atoms with van der Waals surface area (Å²) < 4.78 is -0.989. The second kappa shape index (κ2) is 2.59. The van der Waals surface area contributed by atoms with Gasteiger partial charge < -0.3 is 15.3 Å². The standard InChI is InChI=1S/C3H3BrClN3O3/c4-8(5)2(10)6-1(9)7-3(8)11/h2,10H,(H-,6,7,9,11)/p+1. The first kappa shape index (κ1) is 8.72. The van der Waals surface area contributed by atoms with Gasteiger partial charge in [-0.3, -0.25) is 0 Å². The molecule has 0 aliphatic carbocycles. The van der Waals surface area contributed by atoms with Crippen LogP contribution in [0.25, 0.3) is 0 Å². The normalized spacial score (nSPS) is 37.9. The van der Waals surface area contributed by atoms with E-state index >= 15 is 0 Å².